The molecule has 1 heterocycles. The molecule has 0 spiro atoms. The van der Waals surface area contributed by atoms with Gasteiger partial charge in [0, 0.05) is 29.4 Å². The molecule has 2 aromatic carbocycles. The van der Waals surface area contributed by atoms with Crippen molar-refractivity contribution >= 4 is 28.9 Å². The Labute approximate surface area is 188 Å². The first-order chi connectivity index (χ1) is 14.7. The van der Waals surface area contributed by atoms with Gasteiger partial charge in [-0.2, -0.15) is 0 Å². The van der Waals surface area contributed by atoms with E-state index in [-0.39, 0.29) is 6.03 Å². The number of nitrogens with zero attached hydrogens (tertiary/aromatic N) is 1. The number of anilines is 1. The molecule has 3 N–H and O–H groups in total. The number of halogens is 1. The zero-order chi connectivity index (χ0) is 22.6. The molecule has 1 aliphatic rings. The lowest BCUT2D eigenvalue weighted by atomic mass is 9.92. The number of hydrogen-bond donors (Lipinski definition) is 3. The van der Waals surface area contributed by atoms with Crippen molar-refractivity contribution in [2.24, 2.45) is 0 Å². The van der Waals surface area contributed by atoms with E-state index in [4.69, 9.17) is 16.3 Å². The molecular weight excluding hydrogens is 414 g/mol. The maximum atomic E-state index is 12.7. The summed E-state index contributed by atoms with van der Waals surface area (Å²) >= 11 is 6.32. The van der Waals surface area contributed by atoms with Crippen LogP contribution in [0.2, 0.25) is 5.02 Å². The summed E-state index contributed by atoms with van der Waals surface area (Å²) in [5, 5.41) is 17.0. The average molecular weight is 444 g/mol. The number of morpholine rings is 1. The predicted molar refractivity (Wildman–Crippen MR) is 125 cm³/mol. The molecule has 0 aromatic heterocycles. The molecule has 0 aliphatic carbocycles. The van der Waals surface area contributed by atoms with E-state index < -0.39 is 11.8 Å². The molecule has 2 amide bonds. The fourth-order valence-electron chi connectivity index (χ4n) is 3.53. The Morgan fingerprint density at radius 2 is 1.94 bits per heavy atom. The van der Waals surface area contributed by atoms with E-state index >= 15 is 0 Å². The number of hydrogen-bond acceptors (Lipinski definition) is 4. The largest absolute Gasteiger partial charge is 0.379 e. The number of nitrogens with one attached hydrogen (secondary N) is 2. The molecule has 0 radical (unpaired) electrons. The van der Waals surface area contributed by atoms with E-state index in [0.29, 0.717) is 42.6 Å². The van der Waals surface area contributed by atoms with Gasteiger partial charge in [-0.1, -0.05) is 42.0 Å². The highest BCUT2D eigenvalue weighted by Gasteiger charge is 2.25. The smallest absolute Gasteiger partial charge is 0.319 e. The molecule has 1 aliphatic heterocycles. The van der Waals surface area contributed by atoms with E-state index in [1.165, 1.54) is 0 Å². The van der Waals surface area contributed by atoms with Gasteiger partial charge < -0.3 is 20.5 Å². The standard InChI is InChI=1S/C24H30ClN3O3/c1-16(2)17-6-5-7-18(14-17)24(3,4)27-23(30)26-19-8-9-21(25)20(15-19)22(29)28-10-12-31-13-11-28/h5-9,14-15,22,29H,1,10-13H2,2-4H3,(H2,26,27,30). The molecule has 1 atom stereocenters. The predicted octanol–water partition coefficient (Wildman–Crippen LogP) is 4.75. The number of carbonyl (C=O) groups is 1. The summed E-state index contributed by atoms with van der Waals surface area (Å²) in [6.07, 6.45) is -0.859. The first-order valence-electron chi connectivity index (χ1n) is 10.3. The fraction of sp³-hybridized carbons (Fsp3) is 0.375. The van der Waals surface area contributed by atoms with Gasteiger partial charge in [0.1, 0.15) is 6.23 Å². The lowest BCUT2D eigenvalue weighted by Gasteiger charge is -2.32. The van der Waals surface area contributed by atoms with Crippen molar-refractivity contribution in [1.29, 1.82) is 0 Å². The van der Waals surface area contributed by atoms with Crippen molar-refractivity contribution in [2.45, 2.75) is 32.5 Å². The molecule has 166 valence electrons. The number of urea groups is 1. The van der Waals surface area contributed by atoms with Crippen LogP contribution in [0.1, 0.15) is 43.7 Å². The van der Waals surface area contributed by atoms with Crippen LogP contribution in [0.25, 0.3) is 5.57 Å². The Hall–Kier alpha value is -2.38. The Morgan fingerprint density at radius 3 is 2.61 bits per heavy atom. The van der Waals surface area contributed by atoms with Crippen LogP contribution in [0, 0.1) is 0 Å². The highest BCUT2D eigenvalue weighted by Crippen LogP contribution is 2.29. The number of carbonyl (C=O) groups excluding carboxylic acids is 1. The quantitative estimate of drug-likeness (QED) is 0.602. The highest BCUT2D eigenvalue weighted by atomic mass is 35.5. The zero-order valence-electron chi connectivity index (χ0n) is 18.2. The van der Waals surface area contributed by atoms with Crippen molar-refractivity contribution in [3.63, 3.8) is 0 Å². The summed E-state index contributed by atoms with van der Waals surface area (Å²) in [4.78, 5) is 14.6. The van der Waals surface area contributed by atoms with E-state index in [2.05, 4.69) is 17.2 Å². The third-order valence-electron chi connectivity index (χ3n) is 5.43. The van der Waals surface area contributed by atoms with Crippen molar-refractivity contribution in [2.75, 3.05) is 31.6 Å². The lowest BCUT2D eigenvalue weighted by Crippen LogP contribution is -2.43. The minimum atomic E-state index is -0.859. The summed E-state index contributed by atoms with van der Waals surface area (Å²) in [5.74, 6) is 0. The van der Waals surface area contributed by atoms with Crippen LogP contribution >= 0.6 is 11.6 Å². The van der Waals surface area contributed by atoms with E-state index in [0.717, 1.165) is 16.7 Å². The van der Waals surface area contributed by atoms with Crippen molar-refractivity contribution in [3.8, 4) is 0 Å². The van der Waals surface area contributed by atoms with Crippen LogP contribution in [0.15, 0.2) is 49.0 Å². The van der Waals surface area contributed by atoms with Gasteiger partial charge in [0.2, 0.25) is 0 Å². The molecule has 31 heavy (non-hydrogen) atoms. The summed E-state index contributed by atoms with van der Waals surface area (Å²) in [6.45, 7) is 12.2. The van der Waals surface area contributed by atoms with Crippen LogP contribution in [0.4, 0.5) is 10.5 Å². The summed E-state index contributed by atoms with van der Waals surface area (Å²) in [5.41, 5.74) is 3.48. The third-order valence-corrected chi connectivity index (χ3v) is 5.77. The third kappa shape index (κ3) is 5.86. The molecule has 0 saturated carbocycles. The second-order valence-electron chi connectivity index (χ2n) is 8.32. The van der Waals surface area contributed by atoms with Gasteiger partial charge in [-0.05, 0) is 56.2 Å². The molecule has 2 aromatic rings. The molecule has 6 nitrogen and oxygen atoms in total. The van der Waals surface area contributed by atoms with Crippen LogP contribution in [0.3, 0.4) is 0 Å². The van der Waals surface area contributed by atoms with Gasteiger partial charge in [0.25, 0.3) is 0 Å². The Kier molecular flexibility index (Phi) is 7.38. The zero-order valence-corrected chi connectivity index (χ0v) is 19.0. The second kappa shape index (κ2) is 9.83. The number of benzene rings is 2. The molecule has 1 saturated heterocycles. The number of allylic oxidation sites excluding steroid dienone is 1. The molecule has 3 rings (SSSR count). The molecule has 0 bridgehead atoms. The van der Waals surface area contributed by atoms with Crippen molar-refractivity contribution in [3.05, 3.63) is 70.8 Å². The van der Waals surface area contributed by atoms with Crippen molar-refractivity contribution < 1.29 is 14.6 Å². The number of ether oxygens (including phenoxy) is 1. The maximum absolute atomic E-state index is 12.7. The summed E-state index contributed by atoms with van der Waals surface area (Å²) < 4.78 is 5.34. The number of rotatable bonds is 6. The van der Waals surface area contributed by atoms with Crippen LogP contribution in [0.5, 0.6) is 0 Å². The second-order valence-corrected chi connectivity index (χ2v) is 8.73. The van der Waals surface area contributed by atoms with E-state index in [1.54, 1.807) is 18.2 Å². The average Bonchev–Trinajstić information content (AvgIpc) is 2.75. The fourth-order valence-corrected chi connectivity index (χ4v) is 3.75. The number of amides is 2. The van der Waals surface area contributed by atoms with E-state index in [1.807, 2.05) is 49.9 Å². The summed E-state index contributed by atoms with van der Waals surface area (Å²) in [7, 11) is 0. The number of aliphatic hydroxyl groups excluding tert-OH is 1. The highest BCUT2D eigenvalue weighted by molar-refractivity contribution is 6.31. The van der Waals surface area contributed by atoms with Gasteiger partial charge in [0.15, 0.2) is 0 Å². The normalized spacial score (nSPS) is 15.9. The summed E-state index contributed by atoms with van der Waals surface area (Å²) in [6, 6.07) is 12.7. The van der Waals surface area contributed by atoms with Gasteiger partial charge in [-0.3, -0.25) is 4.90 Å². The minimum absolute atomic E-state index is 0.347. The van der Waals surface area contributed by atoms with Crippen LogP contribution in [-0.2, 0) is 10.3 Å². The van der Waals surface area contributed by atoms with Gasteiger partial charge in [-0.25, -0.2) is 4.79 Å². The van der Waals surface area contributed by atoms with Gasteiger partial charge in [0.05, 0.1) is 18.8 Å². The number of aliphatic hydroxyl groups is 1. The minimum Gasteiger partial charge on any atom is -0.379 e. The van der Waals surface area contributed by atoms with Crippen molar-refractivity contribution in [1.82, 2.24) is 10.2 Å². The maximum Gasteiger partial charge on any atom is 0.319 e. The van der Waals surface area contributed by atoms with Crippen LogP contribution in [-0.4, -0.2) is 42.3 Å². The van der Waals surface area contributed by atoms with Gasteiger partial charge >= 0.3 is 6.03 Å². The monoisotopic (exact) mass is 443 g/mol. The lowest BCUT2D eigenvalue weighted by molar-refractivity contribution is -0.0602. The topological polar surface area (TPSA) is 73.8 Å². The molecule has 7 heteroatoms. The SMILES string of the molecule is C=C(C)c1cccc(C(C)(C)NC(=O)Nc2ccc(Cl)c(C(O)N3CCOCC3)c2)c1. The Bertz CT molecular complexity index is 955. The van der Waals surface area contributed by atoms with E-state index in [9.17, 15) is 9.90 Å². The van der Waals surface area contributed by atoms with Gasteiger partial charge in [-0.15, -0.1) is 0 Å². The molecule has 1 unspecified atom stereocenters. The molecular formula is C24H30ClN3O3. The molecule has 1 fully saturated rings. The first kappa shape index (κ1) is 23.3. The first-order valence-corrected chi connectivity index (χ1v) is 10.7. The Balaban J connectivity index is 1.71. The Morgan fingerprint density at radius 1 is 1.23 bits per heavy atom. The van der Waals surface area contributed by atoms with Crippen LogP contribution < -0.4 is 10.6 Å².